The summed E-state index contributed by atoms with van der Waals surface area (Å²) >= 11 is 3.26. The molecule has 0 fully saturated rings. The third kappa shape index (κ3) is 2.41. The third-order valence-electron chi connectivity index (χ3n) is 2.33. The lowest BCUT2D eigenvalue weighted by molar-refractivity contribution is 0.869. The van der Waals surface area contributed by atoms with Crippen molar-refractivity contribution in [3.8, 4) is 5.13 Å². The van der Waals surface area contributed by atoms with Gasteiger partial charge in [0, 0.05) is 22.7 Å². The van der Waals surface area contributed by atoms with Gasteiger partial charge in [0.25, 0.3) is 0 Å². The molecule has 0 unspecified atom stereocenters. The smallest absolute Gasteiger partial charge is 0.210 e. The lowest BCUT2D eigenvalue weighted by atomic mass is 10.5. The first-order valence-electron chi connectivity index (χ1n) is 5.41. The molecule has 3 heterocycles. The molecule has 0 atom stereocenters. The summed E-state index contributed by atoms with van der Waals surface area (Å²) < 4.78 is 1.77. The van der Waals surface area contributed by atoms with Crippen LogP contribution in [-0.4, -0.2) is 19.7 Å². The van der Waals surface area contributed by atoms with E-state index in [4.69, 9.17) is 0 Å². The van der Waals surface area contributed by atoms with Crippen LogP contribution in [0.4, 0.5) is 5.69 Å². The first-order chi connectivity index (χ1) is 8.81. The molecule has 3 aromatic rings. The Morgan fingerprint density at radius 2 is 2.28 bits per heavy atom. The van der Waals surface area contributed by atoms with Crippen LogP contribution in [0.2, 0.25) is 0 Å². The highest BCUT2D eigenvalue weighted by Crippen LogP contribution is 2.16. The molecule has 1 N–H and O–H groups in total. The molecule has 0 aromatic carbocycles. The predicted molar refractivity (Wildman–Crippen MR) is 73.4 cm³/mol. The van der Waals surface area contributed by atoms with Gasteiger partial charge in [-0.05, 0) is 6.92 Å². The van der Waals surface area contributed by atoms with Gasteiger partial charge in [0.1, 0.15) is 0 Å². The molecule has 3 aromatic heterocycles. The van der Waals surface area contributed by atoms with Crippen molar-refractivity contribution in [2.45, 2.75) is 13.5 Å². The normalized spacial score (nSPS) is 10.7. The van der Waals surface area contributed by atoms with Crippen LogP contribution >= 0.6 is 22.7 Å². The van der Waals surface area contributed by atoms with Crippen LogP contribution in [0.15, 0.2) is 30.2 Å². The Morgan fingerprint density at radius 3 is 3.00 bits per heavy atom. The maximum Gasteiger partial charge on any atom is 0.210 e. The van der Waals surface area contributed by atoms with E-state index in [1.165, 1.54) is 4.88 Å². The summed E-state index contributed by atoms with van der Waals surface area (Å²) in [5, 5.41) is 11.5. The number of hydrogen-bond acceptors (Lipinski definition) is 6. The summed E-state index contributed by atoms with van der Waals surface area (Å²) in [4.78, 5) is 9.65. The second-order valence-electron chi connectivity index (χ2n) is 3.69. The molecule has 0 amide bonds. The van der Waals surface area contributed by atoms with Gasteiger partial charge in [0.2, 0.25) is 5.13 Å². The second kappa shape index (κ2) is 4.87. The monoisotopic (exact) mass is 277 g/mol. The SMILES string of the molecule is Cc1ncc(CNc2cnn(-c3nccs3)c2)s1. The van der Waals surface area contributed by atoms with Crippen molar-refractivity contribution in [3.63, 3.8) is 0 Å². The number of aryl methyl sites for hydroxylation is 1. The average molecular weight is 277 g/mol. The summed E-state index contributed by atoms with van der Waals surface area (Å²) in [5.41, 5.74) is 0.983. The van der Waals surface area contributed by atoms with Crippen molar-refractivity contribution in [2.75, 3.05) is 5.32 Å². The topological polar surface area (TPSA) is 55.6 Å². The number of nitrogens with zero attached hydrogens (tertiary/aromatic N) is 4. The molecule has 92 valence electrons. The summed E-state index contributed by atoms with van der Waals surface area (Å²) in [6.45, 7) is 2.78. The lowest BCUT2D eigenvalue weighted by Gasteiger charge is -1.99. The van der Waals surface area contributed by atoms with Crippen LogP contribution < -0.4 is 5.32 Å². The van der Waals surface area contributed by atoms with Crippen LogP contribution in [0.25, 0.3) is 5.13 Å². The van der Waals surface area contributed by atoms with Crippen molar-refractivity contribution in [1.82, 2.24) is 19.7 Å². The van der Waals surface area contributed by atoms with Crippen molar-refractivity contribution in [2.24, 2.45) is 0 Å². The van der Waals surface area contributed by atoms with E-state index in [1.54, 1.807) is 39.7 Å². The van der Waals surface area contributed by atoms with Gasteiger partial charge in [-0.25, -0.2) is 14.6 Å². The number of thiazole rings is 2. The molecule has 5 nitrogen and oxygen atoms in total. The zero-order chi connectivity index (χ0) is 12.4. The van der Waals surface area contributed by atoms with E-state index >= 15 is 0 Å². The largest absolute Gasteiger partial charge is 0.378 e. The summed E-state index contributed by atoms with van der Waals surface area (Å²) in [6.07, 6.45) is 7.41. The molecule has 0 spiro atoms. The molecule has 0 saturated carbocycles. The number of nitrogens with one attached hydrogen (secondary N) is 1. The van der Waals surface area contributed by atoms with Gasteiger partial charge in [-0.2, -0.15) is 5.10 Å². The number of rotatable bonds is 4. The minimum absolute atomic E-state index is 0.773. The van der Waals surface area contributed by atoms with E-state index in [2.05, 4.69) is 20.4 Å². The first kappa shape index (κ1) is 11.4. The summed E-state index contributed by atoms with van der Waals surface area (Å²) in [7, 11) is 0. The van der Waals surface area contributed by atoms with Crippen molar-refractivity contribution < 1.29 is 0 Å². The van der Waals surface area contributed by atoms with E-state index < -0.39 is 0 Å². The number of hydrogen-bond donors (Lipinski definition) is 1. The lowest BCUT2D eigenvalue weighted by Crippen LogP contribution is -1.96. The molecule has 7 heteroatoms. The zero-order valence-electron chi connectivity index (χ0n) is 9.70. The van der Waals surface area contributed by atoms with Gasteiger partial charge in [-0.1, -0.05) is 0 Å². The Bertz CT molecular complexity index is 625. The second-order valence-corrected chi connectivity index (χ2v) is 5.88. The van der Waals surface area contributed by atoms with Gasteiger partial charge in [-0.3, -0.25) is 0 Å². The van der Waals surface area contributed by atoms with Crippen LogP contribution in [0.1, 0.15) is 9.88 Å². The van der Waals surface area contributed by atoms with Crippen LogP contribution in [0.3, 0.4) is 0 Å². The molecular weight excluding hydrogens is 266 g/mol. The molecular formula is C11H11N5S2. The van der Waals surface area contributed by atoms with Crippen molar-refractivity contribution in [1.29, 1.82) is 0 Å². The van der Waals surface area contributed by atoms with Crippen LogP contribution in [0, 0.1) is 6.92 Å². The van der Waals surface area contributed by atoms with Crippen molar-refractivity contribution >= 4 is 28.4 Å². The van der Waals surface area contributed by atoms with Gasteiger partial charge < -0.3 is 5.32 Å². The molecule has 0 radical (unpaired) electrons. The Balaban J connectivity index is 1.67. The number of anilines is 1. The highest BCUT2D eigenvalue weighted by atomic mass is 32.1. The quantitative estimate of drug-likeness (QED) is 0.796. The van der Waals surface area contributed by atoms with E-state index in [0.29, 0.717) is 0 Å². The Hall–Kier alpha value is -1.73. The molecule has 0 aliphatic carbocycles. The van der Waals surface area contributed by atoms with E-state index in [1.807, 2.05) is 24.7 Å². The molecule has 0 bridgehead atoms. The minimum atomic E-state index is 0.773. The average Bonchev–Trinajstić information content (AvgIpc) is 3.07. The van der Waals surface area contributed by atoms with Crippen LogP contribution in [-0.2, 0) is 6.54 Å². The van der Waals surface area contributed by atoms with Gasteiger partial charge >= 0.3 is 0 Å². The standard InChI is InChI=1S/C11H11N5S2/c1-8-13-5-10(18-8)6-14-9-4-15-16(7-9)11-12-2-3-17-11/h2-5,7,14H,6H2,1H3. The third-order valence-corrected chi connectivity index (χ3v) is 4.01. The minimum Gasteiger partial charge on any atom is -0.378 e. The Kier molecular flexibility index (Phi) is 3.07. The number of aromatic nitrogens is 4. The molecule has 3 rings (SSSR count). The zero-order valence-corrected chi connectivity index (χ0v) is 11.3. The van der Waals surface area contributed by atoms with Crippen LogP contribution in [0.5, 0.6) is 0 Å². The fraction of sp³-hybridized carbons (Fsp3) is 0.182. The van der Waals surface area contributed by atoms with Gasteiger partial charge in [-0.15, -0.1) is 22.7 Å². The molecule has 0 aliphatic heterocycles. The maximum absolute atomic E-state index is 4.27. The molecule has 0 saturated heterocycles. The predicted octanol–water partition coefficient (Wildman–Crippen LogP) is 2.71. The first-order valence-corrected chi connectivity index (χ1v) is 7.10. The maximum atomic E-state index is 4.27. The Labute approximate surface area is 112 Å². The Morgan fingerprint density at radius 1 is 1.33 bits per heavy atom. The van der Waals surface area contributed by atoms with Gasteiger partial charge in [0.05, 0.1) is 29.6 Å². The highest BCUT2D eigenvalue weighted by molar-refractivity contribution is 7.12. The van der Waals surface area contributed by atoms with Gasteiger partial charge in [0.15, 0.2) is 0 Å². The summed E-state index contributed by atoms with van der Waals surface area (Å²) in [5.74, 6) is 0. The highest BCUT2D eigenvalue weighted by Gasteiger charge is 2.03. The molecule has 18 heavy (non-hydrogen) atoms. The summed E-state index contributed by atoms with van der Waals surface area (Å²) in [6, 6.07) is 0. The van der Waals surface area contributed by atoms with E-state index in [-0.39, 0.29) is 0 Å². The van der Waals surface area contributed by atoms with E-state index in [0.717, 1.165) is 22.4 Å². The fourth-order valence-corrected chi connectivity index (χ4v) is 2.83. The molecule has 0 aliphatic rings. The fourth-order valence-electron chi connectivity index (χ4n) is 1.52. The van der Waals surface area contributed by atoms with E-state index in [9.17, 15) is 0 Å². The van der Waals surface area contributed by atoms with Crippen molar-refractivity contribution in [3.05, 3.63) is 40.1 Å².